The van der Waals surface area contributed by atoms with E-state index in [0.717, 1.165) is 0 Å². The Bertz CT molecular complexity index is 419. The summed E-state index contributed by atoms with van der Waals surface area (Å²) in [6.07, 6.45) is 0.369. The Morgan fingerprint density at radius 1 is 1.11 bits per heavy atom. The zero-order chi connectivity index (χ0) is 14.1. The highest BCUT2D eigenvalue weighted by Crippen LogP contribution is 2.02. The first kappa shape index (κ1) is 14.9. The molecule has 0 aliphatic heterocycles. The van der Waals surface area contributed by atoms with Crippen LogP contribution in [0.4, 0.5) is 5.82 Å². The van der Waals surface area contributed by atoms with Crippen molar-refractivity contribution >= 4 is 17.6 Å². The van der Waals surface area contributed by atoms with Crippen LogP contribution in [-0.4, -0.2) is 41.6 Å². The number of anilines is 1. The first-order chi connectivity index (χ1) is 9.17. The minimum atomic E-state index is -0.246. The second kappa shape index (κ2) is 8.02. The number of hydrogen-bond donors (Lipinski definition) is 3. The van der Waals surface area contributed by atoms with E-state index in [1.807, 2.05) is 13.8 Å². The fourth-order valence-corrected chi connectivity index (χ4v) is 1.39. The maximum atomic E-state index is 11.4. The Morgan fingerprint density at radius 2 is 1.84 bits per heavy atom. The summed E-state index contributed by atoms with van der Waals surface area (Å²) >= 11 is 0. The quantitative estimate of drug-likeness (QED) is 0.653. The molecular weight excluding hydrogens is 246 g/mol. The molecule has 0 saturated heterocycles. The van der Waals surface area contributed by atoms with Crippen LogP contribution in [0, 0.1) is 0 Å². The van der Waals surface area contributed by atoms with Gasteiger partial charge in [0.15, 0.2) is 5.69 Å². The number of amides is 2. The molecule has 1 aromatic heterocycles. The van der Waals surface area contributed by atoms with Gasteiger partial charge in [0, 0.05) is 26.1 Å². The topological polar surface area (TPSA) is 96.0 Å². The first-order valence-electron chi connectivity index (χ1n) is 6.29. The largest absolute Gasteiger partial charge is 0.368 e. The molecule has 0 saturated carbocycles. The van der Waals surface area contributed by atoms with Crippen molar-refractivity contribution in [1.82, 2.24) is 20.8 Å². The highest BCUT2D eigenvalue weighted by molar-refractivity contribution is 5.92. The van der Waals surface area contributed by atoms with Gasteiger partial charge in [-0.3, -0.25) is 9.59 Å². The van der Waals surface area contributed by atoms with E-state index in [1.54, 1.807) is 12.1 Å². The lowest BCUT2D eigenvalue weighted by molar-refractivity contribution is -0.120. The molecule has 0 fully saturated rings. The number of nitrogens with zero attached hydrogens (tertiary/aromatic N) is 2. The molecule has 1 heterocycles. The number of carbonyl (C=O) groups is 2. The van der Waals surface area contributed by atoms with Gasteiger partial charge in [-0.15, -0.1) is 10.2 Å². The summed E-state index contributed by atoms with van der Waals surface area (Å²) in [5.74, 6) is 0.281. The van der Waals surface area contributed by atoms with Crippen molar-refractivity contribution in [2.45, 2.75) is 20.3 Å². The van der Waals surface area contributed by atoms with Gasteiger partial charge >= 0.3 is 0 Å². The third-order valence-electron chi connectivity index (χ3n) is 2.27. The van der Waals surface area contributed by atoms with E-state index >= 15 is 0 Å². The molecule has 7 nitrogen and oxygen atoms in total. The molecule has 1 rings (SSSR count). The molecule has 0 aliphatic rings. The Morgan fingerprint density at radius 3 is 2.42 bits per heavy atom. The maximum absolute atomic E-state index is 11.4. The molecular formula is C12H19N5O2. The number of nitrogens with one attached hydrogen (secondary N) is 3. The molecule has 7 heteroatoms. The van der Waals surface area contributed by atoms with E-state index in [1.165, 1.54) is 0 Å². The predicted octanol–water partition coefficient (Wildman–Crippen LogP) is 0.164. The second-order valence-electron chi connectivity index (χ2n) is 3.79. The van der Waals surface area contributed by atoms with Crippen LogP contribution in [0.25, 0.3) is 0 Å². The zero-order valence-corrected chi connectivity index (χ0v) is 11.2. The van der Waals surface area contributed by atoms with Gasteiger partial charge in [0.05, 0.1) is 0 Å². The number of rotatable bonds is 7. The SMILES string of the molecule is CCNC(=O)CCNc1ccc(C(=O)NCC)nn1. The van der Waals surface area contributed by atoms with E-state index in [4.69, 9.17) is 0 Å². The Kier molecular flexibility index (Phi) is 6.28. The fourth-order valence-electron chi connectivity index (χ4n) is 1.39. The lowest BCUT2D eigenvalue weighted by Crippen LogP contribution is -2.25. The van der Waals surface area contributed by atoms with Crippen LogP contribution >= 0.6 is 0 Å². The first-order valence-corrected chi connectivity index (χ1v) is 6.29. The Balaban J connectivity index is 2.40. The highest BCUT2D eigenvalue weighted by Gasteiger charge is 2.06. The molecule has 3 N–H and O–H groups in total. The number of aromatic nitrogens is 2. The average molecular weight is 265 g/mol. The summed E-state index contributed by atoms with van der Waals surface area (Å²) in [6, 6.07) is 3.25. The van der Waals surface area contributed by atoms with Crippen LogP contribution in [-0.2, 0) is 4.79 Å². The second-order valence-corrected chi connectivity index (χ2v) is 3.79. The lowest BCUT2D eigenvalue weighted by atomic mass is 10.3. The normalized spacial score (nSPS) is 9.79. The van der Waals surface area contributed by atoms with Crippen LogP contribution in [0.3, 0.4) is 0 Å². The Labute approximate surface area is 112 Å². The number of hydrogen-bond acceptors (Lipinski definition) is 5. The Hall–Kier alpha value is -2.18. The molecule has 0 radical (unpaired) electrons. The molecule has 104 valence electrons. The third kappa shape index (κ3) is 5.33. The van der Waals surface area contributed by atoms with Gasteiger partial charge in [0.25, 0.3) is 5.91 Å². The molecule has 0 aliphatic carbocycles. The molecule has 0 aromatic carbocycles. The molecule has 0 atom stereocenters. The monoisotopic (exact) mass is 265 g/mol. The van der Waals surface area contributed by atoms with Crippen molar-refractivity contribution in [3.05, 3.63) is 17.8 Å². The van der Waals surface area contributed by atoms with Crippen molar-refractivity contribution in [2.24, 2.45) is 0 Å². The molecule has 1 aromatic rings. The molecule has 0 spiro atoms. The standard InChI is InChI=1S/C12H19N5O2/c1-3-13-11(18)7-8-15-10-6-5-9(16-17-10)12(19)14-4-2/h5-6H,3-4,7-8H2,1-2H3,(H,13,18)(H,14,19)(H,15,17). The van der Waals surface area contributed by atoms with Crippen molar-refractivity contribution < 1.29 is 9.59 Å². The van der Waals surface area contributed by atoms with Crippen molar-refractivity contribution in [3.8, 4) is 0 Å². The van der Waals surface area contributed by atoms with Gasteiger partial charge in [0.1, 0.15) is 5.82 Å². The van der Waals surface area contributed by atoms with Gasteiger partial charge in [0.2, 0.25) is 5.91 Å². The summed E-state index contributed by atoms with van der Waals surface area (Å²) in [5, 5.41) is 16.0. The summed E-state index contributed by atoms with van der Waals surface area (Å²) in [5.41, 5.74) is 0.274. The van der Waals surface area contributed by atoms with Gasteiger partial charge in [-0.2, -0.15) is 0 Å². The van der Waals surface area contributed by atoms with E-state index in [0.29, 0.717) is 31.9 Å². The van der Waals surface area contributed by atoms with Gasteiger partial charge in [-0.05, 0) is 26.0 Å². The third-order valence-corrected chi connectivity index (χ3v) is 2.27. The average Bonchev–Trinajstić information content (AvgIpc) is 2.40. The van der Waals surface area contributed by atoms with E-state index < -0.39 is 0 Å². The van der Waals surface area contributed by atoms with E-state index in [2.05, 4.69) is 26.1 Å². The van der Waals surface area contributed by atoms with Crippen LogP contribution in [0.5, 0.6) is 0 Å². The van der Waals surface area contributed by atoms with Crippen LogP contribution in [0.1, 0.15) is 30.8 Å². The fraction of sp³-hybridized carbons (Fsp3) is 0.500. The minimum absolute atomic E-state index is 0.0121. The smallest absolute Gasteiger partial charge is 0.271 e. The molecule has 19 heavy (non-hydrogen) atoms. The van der Waals surface area contributed by atoms with Gasteiger partial charge in [-0.25, -0.2) is 0 Å². The summed E-state index contributed by atoms with van der Waals surface area (Å²) in [6.45, 7) is 5.35. The predicted molar refractivity (Wildman–Crippen MR) is 71.8 cm³/mol. The van der Waals surface area contributed by atoms with Crippen molar-refractivity contribution in [1.29, 1.82) is 0 Å². The van der Waals surface area contributed by atoms with Crippen molar-refractivity contribution in [3.63, 3.8) is 0 Å². The van der Waals surface area contributed by atoms with Crippen LogP contribution in [0.15, 0.2) is 12.1 Å². The summed E-state index contributed by atoms with van der Waals surface area (Å²) in [7, 11) is 0. The summed E-state index contributed by atoms with van der Waals surface area (Å²) < 4.78 is 0. The lowest BCUT2D eigenvalue weighted by Gasteiger charge is -2.05. The number of carbonyl (C=O) groups excluding carboxylic acids is 2. The minimum Gasteiger partial charge on any atom is -0.368 e. The van der Waals surface area contributed by atoms with Gasteiger partial charge < -0.3 is 16.0 Å². The molecule has 2 amide bonds. The molecule has 0 unspecified atom stereocenters. The van der Waals surface area contributed by atoms with E-state index in [-0.39, 0.29) is 17.5 Å². The molecule has 0 bridgehead atoms. The van der Waals surface area contributed by atoms with Crippen LogP contribution in [0.2, 0.25) is 0 Å². The summed E-state index contributed by atoms with van der Waals surface area (Å²) in [4.78, 5) is 22.7. The van der Waals surface area contributed by atoms with Gasteiger partial charge in [-0.1, -0.05) is 0 Å². The highest BCUT2D eigenvalue weighted by atomic mass is 16.2. The zero-order valence-electron chi connectivity index (χ0n) is 11.2. The van der Waals surface area contributed by atoms with E-state index in [9.17, 15) is 9.59 Å². The maximum Gasteiger partial charge on any atom is 0.271 e. The van der Waals surface area contributed by atoms with Crippen molar-refractivity contribution in [2.75, 3.05) is 25.0 Å². The van der Waals surface area contributed by atoms with Crippen LogP contribution < -0.4 is 16.0 Å².